The highest BCUT2D eigenvalue weighted by Crippen LogP contribution is 2.44. The molecule has 0 aliphatic carbocycles. The number of hydrogen-bond acceptors (Lipinski definition) is 3. The average molecular weight is 348 g/mol. The summed E-state index contributed by atoms with van der Waals surface area (Å²) in [4.78, 5) is 10.2. The molecule has 0 saturated heterocycles. The Labute approximate surface area is 152 Å². The predicted octanol–water partition coefficient (Wildman–Crippen LogP) is 5.30. The second kappa shape index (κ2) is 8.32. The van der Waals surface area contributed by atoms with E-state index in [9.17, 15) is 4.79 Å². The Bertz CT molecular complexity index is 829. The molecule has 1 N–H and O–H groups in total. The minimum Gasteiger partial charge on any atom is -0.478 e. The van der Waals surface area contributed by atoms with Crippen LogP contribution in [0, 0.1) is 0 Å². The number of ether oxygens (including phenoxy) is 2. The van der Waals surface area contributed by atoms with Crippen molar-refractivity contribution in [2.75, 3.05) is 6.61 Å². The van der Waals surface area contributed by atoms with Crippen molar-refractivity contribution in [2.45, 2.75) is 13.0 Å². The van der Waals surface area contributed by atoms with Crippen LogP contribution < -0.4 is 4.74 Å². The zero-order chi connectivity index (χ0) is 18.4. The predicted molar refractivity (Wildman–Crippen MR) is 99.8 cm³/mol. The standard InChI is InChI=1S/C15H14O2.C7H6O2/c1-2-16-15-11-7-3-5-9-13(11)17-14-10-6-4-8-12(14)15;8-7(9)6-4-2-1-3-5-6/h3-10,15H,2H2,1H3;1-5H,(H,8,9). The van der Waals surface area contributed by atoms with E-state index in [1.54, 1.807) is 30.3 Å². The molecule has 0 radical (unpaired) electrons. The van der Waals surface area contributed by atoms with E-state index in [0.717, 1.165) is 22.6 Å². The lowest BCUT2D eigenvalue weighted by atomic mass is 9.97. The third-order valence-electron chi connectivity index (χ3n) is 3.98. The van der Waals surface area contributed by atoms with Gasteiger partial charge in [-0.3, -0.25) is 0 Å². The molecule has 0 spiro atoms. The number of aromatic carboxylic acids is 1. The van der Waals surface area contributed by atoms with Crippen molar-refractivity contribution in [1.29, 1.82) is 0 Å². The van der Waals surface area contributed by atoms with Crippen molar-refractivity contribution in [3.63, 3.8) is 0 Å². The molecule has 4 rings (SSSR count). The number of carboxylic acids is 1. The minimum atomic E-state index is -0.879. The second-order valence-corrected chi connectivity index (χ2v) is 5.68. The molecule has 1 heterocycles. The van der Waals surface area contributed by atoms with E-state index in [1.165, 1.54) is 0 Å². The molecule has 0 atom stereocenters. The Morgan fingerprint density at radius 3 is 1.85 bits per heavy atom. The van der Waals surface area contributed by atoms with E-state index < -0.39 is 5.97 Å². The topological polar surface area (TPSA) is 55.8 Å². The van der Waals surface area contributed by atoms with Crippen LogP contribution in [-0.4, -0.2) is 17.7 Å². The molecule has 4 heteroatoms. The lowest BCUT2D eigenvalue weighted by Gasteiger charge is -2.27. The smallest absolute Gasteiger partial charge is 0.335 e. The highest BCUT2D eigenvalue weighted by Gasteiger charge is 2.26. The summed E-state index contributed by atoms with van der Waals surface area (Å²) < 4.78 is 11.7. The quantitative estimate of drug-likeness (QED) is 0.697. The number of carbonyl (C=O) groups is 1. The molecule has 26 heavy (non-hydrogen) atoms. The van der Waals surface area contributed by atoms with Crippen LogP contribution in [0.3, 0.4) is 0 Å². The van der Waals surface area contributed by atoms with Crippen molar-refractivity contribution >= 4 is 5.97 Å². The molecule has 0 saturated carbocycles. The summed E-state index contributed by atoms with van der Waals surface area (Å²) >= 11 is 0. The lowest BCUT2D eigenvalue weighted by Crippen LogP contribution is -2.13. The summed E-state index contributed by atoms with van der Waals surface area (Å²) in [5.41, 5.74) is 2.54. The molecule has 0 fully saturated rings. The zero-order valence-electron chi connectivity index (χ0n) is 14.5. The highest BCUT2D eigenvalue weighted by atomic mass is 16.5. The van der Waals surface area contributed by atoms with Crippen LogP contribution in [0.15, 0.2) is 78.9 Å². The number of carboxylic acid groups (broad SMARTS) is 1. The third-order valence-corrected chi connectivity index (χ3v) is 3.98. The van der Waals surface area contributed by atoms with E-state index in [-0.39, 0.29) is 6.10 Å². The molecule has 3 aromatic rings. The molecule has 0 aromatic heterocycles. The zero-order valence-corrected chi connectivity index (χ0v) is 14.5. The van der Waals surface area contributed by atoms with Crippen molar-refractivity contribution in [2.24, 2.45) is 0 Å². The molecule has 132 valence electrons. The Balaban J connectivity index is 0.000000185. The van der Waals surface area contributed by atoms with Crippen LogP contribution in [0.2, 0.25) is 0 Å². The normalized spacial score (nSPS) is 12.0. The maximum absolute atomic E-state index is 10.2. The van der Waals surface area contributed by atoms with Gasteiger partial charge in [0, 0.05) is 17.7 Å². The molecule has 0 unspecified atom stereocenters. The highest BCUT2D eigenvalue weighted by molar-refractivity contribution is 5.87. The Kier molecular flexibility index (Phi) is 5.66. The fourth-order valence-electron chi connectivity index (χ4n) is 2.79. The van der Waals surface area contributed by atoms with Crippen LogP contribution in [-0.2, 0) is 4.74 Å². The maximum Gasteiger partial charge on any atom is 0.335 e. The van der Waals surface area contributed by atoms with Crippen molar-refractivity contribution in [3.05, 3.63) is 95.6 Å². The van der Waals surface area contributed by atoms with E-state index in [4.69, 9.17) is 14.6 Å². The molecule has 1 aliphatic rings. The Morgan fingerprint density at radius 2 is 1.38 bits per heavy atom. The summed E-state index contributed by atoms with van der Waals surface area (Å²) in [5, 5.41) is 8.38. The third kappa shape index (κ3) is 3.92. The van der Waals surface area contributed by atoms with Gasteiger partial charge in [-0.05, 0) is 31.2 Å². The van der Waals surface area contributed by atoms with Gasteiger partial charge < -0.3 is 14.6 Å². The van der Waals surface area contributed by atoms with Crippen LogP contribution in [0.5, 0.6) is 11.5 Å². The number of para-hydroxylation sites is 2. The fourth-order valence-corrected chi connectivity index (χ4v) is 2.79. The van der Waals surface area contributed by atoms with Crippen molar-refractivity contribution in [3.8, 4) is 11.5 Å². The average Bonchev–Trinajstić information content (AvgIpc) is 2.69. The van der Waals surface area contributed by atoms with Crippen molar-refractivity contribution < 1.29 is 19.4 Å². The Hall–Kier alpha value is -3.11. The van der Waals surface area contributed by atoms with E-state index in [0.29, 0.717) is 12.2 Å². The number of hydrogen-bond donors (Lipinski definition) is 1. The molecule has 1 aliphatic heterocycles. The first kappa shape index (κ1) is 17.7. The fraction of sp³-hybridized carbons (Fsp3) is 0.136. The molecule has 0 bridgehead atoms. The van der Waals surface area contributed by atoms with Gasteiger partial charge in [-0.2, -0.15) is 0 Å². The summed E-state index contributed by atoms with van der Waals surface area (Å²) in [7, 11) is 0. The molecule has 4 nitrogen and oxygen atoms in total. The summed E-state index contributed by atoms with van der Waals surface area (Å²) in [6.45, 7) is 2.70. The van der Waals surface area contributed by atoms with Crippen molar-refractivity contribution in [1.82, 2.24) is 0 Å². The van der Waals surface area contributed by atoms with E-state index >= 15 is 0 Å². The second-order valence-electron chi connectivity index (χ2n) is 5.68. The number of benzene rings is 3. The van der Waals surface area contributed by atoms with E-state index in [1.807, 2.05) is 43.3 Å². The first-order valence-electron chi connectivity index (χ1n) is 8.46. The van der Waals surface area contributed by atoms with Crippen LogP contribution in [0.25, 0.3) is 0 Å². The lowest BCUT2D eigenvalue weighted by molar-refractivity contribution is 0.0697. The van der Waals surface area contributed by atoms with Gasteiger partial charge in [0.05, 0.1) is 5.56 Å². The van der Waals surface area contributed by atoms with Gasteiger partial charge in [0.1, 0.15) is 17.6 Å². The van der Waals surface area contributed by atoms with E-state index in [2.05, 4.69) is 12.1 Å². The van der Waals surface area contributed by atoms with Gasteiger partial charge in [-0.1, -0.05) is 54.6 Å². The van der Waals surface area contributed by atoms with Gasteiger partial charge in [0.2, 0.25) is 0 Å². The minimum absolute atomic E-state index is 0.0128. The van der Waals surface area contributed by atoms with Crippen LogP contribution >= 0.6 is 0 Å². The Morgan fingerprint density at radius 1 is 0.885 bits per heavy atom. The van der Waals surface area contributed by atoms with Crippen LogP contribution in [0.4, 0.5) is 0 Å². The summed E-state index contributed by atoms with van der Waals surface area (Å²) in [6, 6.07) is 24.4. The number of fused-ring (bicyclic) bond motifs is 2. The molecular formula is C22H20O4. The first-order valence-corrected chi connectivity index (χ1v) is 8.46. The molecule has 3 aromatic carbocycles. The van der Waals surface area contributed by atoms with Gasteiger partial charge >= 0.3 is 5.97 Å². The first-order chi connectivity index (χ1) is 12.7. The van der Waals surface area contributed by atoms with Crippen LogP contribution in [0.1, 0.15) is 34.5 Å². The SMILES string of the molecule is CCOC1c2ccccc2Oc2ccccc21.O=C(O)c1ccccc1. The summed E-state index contributed by atoms with van der Waals surface area (Å²) in [5.74, 6) is 0.907. The summed E-state index contributed by atoms with van der Waals surface area (Å²) in [6.07, 6.45) is -0.0128. The van der Waals surface area contributed by atoms with Gasteiger partial charge in [0.15, 0.2) is 0 Å². The van der Waals surface area contributed by atoms with Gasteiger partial charge in [0.25, 0.3) is 0 Å². The molecular weight excluding hydrogens is 328 g/mol. The monoisotopic (exact) mass is 348 g/mol. The van der Waals surface area contributed by atoms with Gasteiger partial charge in [-0.15, -0.1) is 0 Å². The maximum atomic E-state index is 10.2. The molecule has 0 amide bonds. The van der Waals surface area contributed by atoms with Gasteiger partial charge in [-0.25, -0.2) is 4.79 Å². The largest absolute Gasteiger partial charge is 0.478 e. The number of rotatable bonds is 3.